The number of fused-ring (bicyclic) bond motifs is 1. The largest absolute Gasteiger partial charge is 0.497 e. The maximum atomic E-state index is 14.1. The van der Waals surface area contributed by atoms with E-state index in [0.29, 0.717) is 37.5 Å². The average Bonchev–Trinajstić information content (AvgIpc) is 3.11. The highest BCUT2D eigenvalue weighted by Crippen LogP contribution is 2.43. The Morgan fingerprint density at radius 1 is 1.35 bits per heavy atom. The Bertz CT molecular complexity index is 726. The first-order valence-corrected chi connectivity index (χ1v) is 8.51. The number of aliphatic carboxylic acids is 1. The number of likely N-dealkylation sites (tertiary alicyclic amines) is 2. The van der Waals surface area contributed by atoms with Crippen LogP contribution in [0.2, 0.25) is 0 Å². The van der Waals surface area contributed by atoms with E-state index in [0.717, 1.165) is 0 Å². The number of ether oxygens (including phenoxy) is 1. The number of halogens is 1. The zero-order valence-electron chi connectivity index (χ0n) is 15.2. The molecule has 0 aromatic heterocycles. The molecule has 3 rings (SSSR count). The van der Waals surface area contributed by atoms with Gasteiger partial charge in [-0.05, 0) is 18.2 Å². The zero-order chi connectivity index (χ0) is 19.1. The predicted molar refractivity (Wildman–Crippen MR) is 92.4 cm³/mol. The lowest BCUT2D eigenvalue weighted by atomic mass is 9.81. The molecule has 1 aromatic carbocycles. The molecule has 142 valence electrons. The molecule has 2 atom stereocenters. The summed E-state index contributed by atoms with van der Waals surface area (Å²) in [7, 11) is 4.83. The van der Waals surface area contributed by atoms with E-state index >= 15 is 0 Å². The number of hydrogen-bond donors (Lipinski definition) is 1. The van der Waals surface area contributed by atoms with Gasteiger partial charge in [0.2, 0.25) is 0 Å². The minimum Gasteiger partial charge on any atom is -0.497 e. The van der Waals surface area contributed by atoms with Crippen molar-refractivity contribution in [2.24, 2.45) is 11.3 Å². The van der Waals surface area contributed by atoms with Gasteiger partial charge in [-0.2, -0.15) is 0 Å². The number of benzene rings is 1. The van der Waals surface area contributed by atoms with Crippen molar-refractivity contribution in [2.75, 3.05) is 47.4 Å². The molecular weight excluding hydrogens is 341 g/mol. The summed E-state index contributed by atoms with van der Waals surface area (Å²) < 4.78 is 19.2. The predicted octanol–water partition coefficient (Wildman–Crippen LogP) is 1.33. The molecule has 0 saturated carbocycles. The summed E-state index contributed by atoms with van der Waals surface area (Å²) in [4.78, 5) is 29.3. The van der Waals surface area contributed by atoms with Gasteiger partial charge in [0.05, 0.1) is 7.11 Å². The van der Waals surface area contributed by atoms with Crippen LogP contribution in [0.4, 0.5) is 9.18 Å². The van der Waals surface area contributed by atoms with E-state index in [2.05, 4.69) is 0 Å². The Labute approximate surface area is 151 Å². The molecule has 8 heteroatoms. The van der Waals surface area contributed by atoms with Crippen LogP contribution in [0.3, 0.4) is 0 Å². The first-order chi connectivity index (χ1) is 12.3. The van der Waals surface area contributed by atoms with Crippen LogP contribution in [0.1, 0.15) is 5.56 Å². The third-order valence-electron chi connectivity index (χ3n) is 5.41. The third-order valence-corrected chi connectivity index (χ3v) is 5.41. The molecule has 2 amide bonds. The standard InChI is InChI=1S/C18H24FN3O4/c1-20(2)17(25)22-9-13-8-21(10-18(13,11-22)16(23)24)7-12-6-14(26-3)4-5-15(12)19/h4-6,13H,7-11H2,1-3H3,(H,23,24)/t13-,18-/m0/s1. The molecule has 2 aliphatic rings. The van der Waals surface area contributed by atoms with Crippen LogP contribution in [0.15, 0.2) is 18.2 Å². The normalized spacial score (nSPS) is 25.2. The first kappa shape index (κ1) is 18.4. The molecule has 0 spiro atoms. The maximum absolute atomic E-state index is 14.1. The maximum Gasteiger partial charge on any atom is 0.319 e. The van der Waals surface area contributed by atoms with Crippen LogP contribution < -0.4 is 4.74 Å². The lowest BCUT2D eigenvalue weighted by molar-refractivity contribution is -0.148. The molecule has 1 aromatic rings. The molecule has 1 N–H and O–H groups in total. The Morgan fingerprint density at radius 3 is 2.65 bits per heavy atom. The van der Waals surface area contributed by atoms with Crippen molar-refractivity contribution in [1.29, 1.82) is 0 Å². The smallest absolute Gasteiger partial charge is 0.319 e. The molecule has 7 nitrogen and oxygen atoms in total. The number of nitrogens with zero attached hydrogens (tertiary/aromatic N) is 3. The van der Waals surface area contributed by atoms with Gasteiger partial charge >= 0.3 is 12.0 Å². The number of amides is 2. The van der Waals surface area contributed by atoms with Crippen molar-refractivity contribution in [3.05, 3.63) is 29.6 Å². The number of carboxylic acid groups (broad SMARTS) is 1. The van der Waals surface area contributed by atoms with Crippen LogP contribution in [0.25, 0.3) is 0 Å². The Morgan fingerprint density at radius 2 is 2.08 bits per heavy atom. The SMILES string of the molecule is COc1ccc(F)c(CN2C[C@H]3CN(C(=O)N(C)C)C[C@@]3(C(=O)O)C2)c1. The number of urea groups is 1. The first-order valence-electron chi connectivity index (χ1n) is 8.51. The lowest BCUT2D eigenvalue weighted by Crippen LogP contribution is -2.44. The molecule has 2 saturated heterocycles. The second-order valence-corrected chi connectivity index (χ2v) is 7.34. The molecule has 0 aliphatic carbocycles. The van der Waals surface area contributed by atoms with Crippen molar-refractivity contribution in [2.45, 2.75) is 6.54 Å². The van der Waals surface area contributed by atoms with E-state index in [-0.39, 0.29) is 24.3 Å². The summed E-state index contributed by atoms with van der Waals surface area (Å²) in [5.41, 5.74) is -0.521. The highest BCUT2D eigenvalue weighted by Gasteiger charge is 2.58. The van der Waals surface area contributed by atoms with Gasteiger partial charge in [0.1, 0.15) is 17.0 Å². The van der Waals surface area contributed by atoms with E-state index in [1.165, 1.54) is 18.1 Å². The summed E-state index contributed by atoms with van der Waals surface area (Å²) in [6.45, 7) is 1.71. The van der Waals surface area contributed by atoms with Crippen LogP contribution >= 0.6 is 0 Å². The second kappa shape index (κ2) is 6.75. The van der Waals surface area contributed by atoms with Gasteiger partial charge in [0.25, 0.3) is 0 Å². The van der Waals surface area contributed by atoms with Crippen molar-refractivity contribution in [1.82, 2.24) is 14.7 Å². The molecule has 2 aliphatic heterocycles. The van der Waals surface area contributed by atoms with Crippen molar-refractivity contribution in [3.8, 4) is 5.75 Å². The van der Waals surface area contributed by atoms with Gasteiger partial charge in [-0.15, -0.1) is 0 Å². The summed E-state index contributed by atoms with van der Waals surface area (Å²) in [5.74, 6) is -0.837. The third kappa shape index (κ3) is 3.09. The number of rotatable bonds is 4. The number of hydrogen-bond acceptors (Lipinski definition) is 4. The van der Waals surface area contributed by atoms with E-state index in [1.54, 1.807) is 31.1 Å². The fourth-order valence-electron chi connectivity index (χ4n) is 4.06. The summed E-state index contributed by atoms with van der Waals surface area (Å²) in [6.07, 6.45) is 0. The van der Waals surface area contributed by atoms with Crippen LogP contribution in [-0.4, -0.2) is 79.2 Å². The minimum atomic E-state index is -0.999. The Kier molecular flexibility index (Phi) is 4.79. The van der Waals surface area contributed by atoms with E-state index < -0.39 is 11.4 Å². The van der Waals surface area contributed by atoms with E-state index in [9.17, 15) is 19.1 Å². The molecule has 26 heavy (non-hydrogen) atoms. The van der Waals surface area contributed by atoms with Gasteiger partial charge in [-0.1, -0.05) is 0 Å². The second-order valence-electron chi connectivity index (χ2n) is 7.34. The van der Waals surface area contributed by atoms with Gasteiger partial charge in [0.15, 0.2) is 0 Å². The highest BCUT2D eigenvalue weighted by atomic mass is 19.1. The summed E-state index contributed by atoms with van der Waals surface area (Å²) in [5, 5.41) is 9.86. The van der Waals surface area contributed by atoms with Crippen LogP contribution in [0, 0.1) is 17.2 Å². The van der Waals surface area contributed by atoms with Crippen molar-refractivity contribution in [3.63, 3.8) is 0 Å². The van der Waals surface area contributed by atoms with Gasteiger partial charge in [-0.3, -0.25) is 9.69 Å². The molecule has 2 fully saturated rings. The van der Waals surface area contributed by atoms with Gasteiger partial charge < -0.3 is 19.6 Å². The fraction of sp³-hybridized carbons (Fsp3) is 0.556. The van der Waals surface area contributed by atoms with Crippen LogP contribution in [0.5, 0.6) is 5.75 Å². The van der Waals surface area contributed by atoms with Crippen LogP contribution in [-0.2, 0) is 11.3 Å². The molecule has 2 heterocycles. The zero-order valence-corrected chi connectivity index (χ0v) is 15.2. The van der Waals surface area contributed by atoms with Gasteiger partial charge in [-0.25, -0.2) is 9.18 Å². The summed E-state index contributed by atoms with van der Waals surface area (Å²) >= 11 is 0. The minimum absolute atomic E-state index is 0.169. The van der Waals surface area contributed by atoms with E-state index in [4.69, 9.17) is 4.74 Å². The molecule has 0 unspecified atom stereocenters. The highest BCUT2D eigenvalue weighted by molar-refractivity contribution is 5.80. The number of carbonyl (C=O) groups is 2. The number of methoxy groups -OCH3 is 1. The summed E-state index contributed by atoms with van der Waals surface area (Å²) in [6, 6.07) is 4.38. The Balaban J connectivity index is 1.76. The molecule has 0 radical (unpaired) electrons. The fourth-order valence-corrected chi connectivity index (χ4v) is 4.06. The van der Waals surface area contributed by atoms with E-state index in [1.807, 2.05) is 4.90 Å². The quantitative estimate of drug-likeness (QED) is 0.872. The van der Waals surface area contributed by atoms with Crippen molar-refractivity contribution >= 4 is 12.0 Å². The topological polar surface area (TPSA) is 73.3 Å². The van der Waals surface area contributed by atoms with Gasteiger partial charge in [0, 0.05) is 58.3 Å². The Hall–Kier alpha value is -2.35. The molecule has 0 bridgehead atoms. The number of carbonyl (C=O) groups excluding carboxylic acids is 1. The number of carboxylic acids is 1. The van der Waals surface area contributed by atoms with Crippen molar-refractivity contribution < 1.29 is 23.8 Å². The monoisotopic (exact) mass is 365 g/mol. The average molecular weight is 365 g/mol. The molecular formula is C18H24FN3O4. The lowest BCUT2D eigenvalue weighted by Gasteiger charge is -2.27.